The molecule has 2 aromatic rings. The minimum atomic E-state index is -0.805. The lowest BCUT2D eigenvalue weighted by atomic mass is 10.1. The lowest BCUT2D eigenvalue weighted by Crippen LogP contribution is -2.49. The first-order valence-electron chi connectivity index (χ1n) is 7.10. The number of nitrogens with one attached hydrogen (secondary N) is 1. The van der Waals surface area contributed by atoms with Crippen LogP contribution >= 0.6 is 11.8 Å². The molecular weight excluding hydrogens is 280 g/mol. The maximum absolute atomic E-state index is 11.6. The average molecular weight is 302 g/mol. The number of nitrogens with two attached hydrogens (primary N) is 1. The molecule has 0 saturated heterocycles. The summed E-state index contributed by atoms with van der Waals surface area (Å²) in [5, 5.41) is 5.44. The largest absolute Gasteiger partial charge is 0.354 e. The molecule has 0 radical (unpaired) electrons. The number of hydrogen-bond donors (Lipinski definition) is 2. The number of benzene rings is 2. The summed E-state index contributed by atoms with van der Waals surface area (Å²) in [6.45, 7) is 4.08. The Morgan fingerprint density at radius 3 is 2.67 bits per heavy atom. The summed E-state index contributed by atoms with van der Waals surface area (Å²) in [5.74, 6) is 1.72. The second-order valence-corrected chi connectivity index (χ2v) is 6.77. The first-order valence-corrected chi connectivity index (χ1v) is 8.25. The van der Waals surface area contributed by atoms with Gasteiger partial charge in [-0.2, -0.15) is 11.8 Å². The second kappa shape index (κ2) is 6.96. The summed E-state index contributed by atoms with van der Waals surface area (Å²) in [4.78, 5) is 11.6. The third-order valence-electron chi connectivity index (χ3n) is 3.25. The van der Waals surface area contributed by atoms with Gasteiger partial charge in [-0.25, -0.2) is 0 Å². The van der Waals surface area contributed by atoms with Gasteiger partial charge in [0.15, 0.2) is 0 Å². The smallest absolute Gasteiger partial charge is 0.239 e. The van der Waals surface area contributed by atoms with Gasteiger partial charge in [-0.3, -0.25) is 4.79 Å². The molecule has 0 aromatic heterocycles. The Morgan fingerprint density at radius 1 is 1.19 bits per heavy atom. The Hall–Kier alpha value is -1.52. The van der Waals surface area contributed by atoms with Gasteiger partial charge in [-0.15, -0.1) is 0 Å². The number of thioether (sulfide) groups is 1. The van der Waals surface area contributed by atoms with Crippen LogP contribution in [0.1, 0.15) is 19.4 Å². The lowest BCUT2D eigenvalue weighted by molar-refractivity contribution is -0.125. The molecule has 2 aromatic carbocycles. The van der Waals surface area contributed by atoms with E-state index < -0.39 is 5.54 Å². The first-order chi connectivity index (χ1) is 9.98. The highest BCUT2D eigenvalue weighted by Crippen LogP contribution is 2.22. The molecule has 0 heterocycles. The SMILES string of the molecule is CC(C)(N)C(=O)NCCSCc1cccc2ccccc12. The normalized spacial score (nSPS) is 11.6. The van der Waals surface area contributed by atoms with E-state index in [0.717, 1.165) is 11.5 Å². The Morgan fingerprint density at radius 2 is 1.90 bits per heavy atom. The van der Waals surface area contributed by atoms with E-state index in [1.807, 2.05) is 11.8 Å². The van der Waals surface area contributed by atoms with Crippen molar-refractivity contribution in [2.24, 2.45) is 5.73 Å². The highest BCUT2D eigenvalue weighted by Gasteiger charge is 2.20. The molecule has 0 bridgehead atoms. The number of rotatable bonds is 6. The van der Waals surface area contributed by atoms with Gasteiger partial charge in [0.05, 0.1) is 5.54 Å². The fraction of sp³-hybridized carbons (Fsp3) is 0.353. The van der Waals surface area contributed by atoms with E-state index in [1.165, 1.54) is 16.3 Å². The Kier molecular flexibility index (Phi) is 5.26. The predicted molar refractivity (Wildman–Crippen MR) is 91.4 cm³/mol. The molecule has 4 heteroatoms. The van der Waals surface area contributed by atoms with Crippen molar-refractivity contribution in [1.29, 1.82) is 0 Å². The topological polar surface area (TPSA) is 55.1 Å². The standard InChI is InChI=1S/C17H22N2OS/c1-17(2,18)16(20)19-10-11-21-12-14-8-5-7-13-6-3-4-9-15(13)14/h3-9H,10-12,18H2,1-2H3,(H,19,20). The minimum absolute atomic E-state index is 0.103. The monoisotopic (exact) mass is 302 g/mol. The third-order valence-corrected chi connectivity index (χ3v) is 4.26. The molecule has 0 spiro atoms. The molecule has 1 amide bonds. The maximum Gasteiger partial charge on any atom is 0.239 e. The van der Waals surface area contributed by atoms with Crippen molar-refractivity contribution in [3.8, 4) is 0 Å². The Bertz CT molecular complexity index is 614. The van der Waals surface area contributed by atoms with Crippen LogP contribution in [0.5, 0.6) is 0 Å². The van der Waals surface area contributed by atoms with Crippen LogP contribution in [0.15, 0.2) is 42.5 Å². The van der Waals surface area contributed by atoms with E-state index in [9.17, 15) is 4.79 Å². The van der Waals surface area contributed by atoms with Crippen molar-refractivity contribution in [2.75, 3.05) is 12.3 Å². The van der Waals surface area contributed by atoms with E-state index in [2.05, 4.69) is 47.8 Å². The van der Waals surface area contributed by atoms with E-state index in [4.69, 9.17) is 5.73 Å². The van der Waals surface area contributed by atoms with Crippen molar-refractivity contribution in [3.63, 3.8) is 0 Å². The molecule has 0 fully saturated rings. The van der Waals surface area contributed by atoms with E-state index in [-0.39, 0.29) is 5.91 Å². The summed E-state index contributed by atoms with van der Waals surface area (Å²) in [7, 11) is 0. The second-order valence-electron chi connectivity index (χ2n) is 5.67. The van der Waals surface area contributed by atoms with Crippen LogP contribution in [-0.4, -0.2) is 23.7 Å². The van der Waals surface area contributed by atoms with Crippen LogP contribution in [0.3, 0.4) is 0 Å². The van der Waals surface area contributed by atoms with Gasteiger partial charge < -0.3 is 11.1 Å². The van der Waals surface area contributed by atoms with Gasteiger partial charge in [-0.1, -0.05) is 42.5 Å². The summed E-state index contributed by atoms with van der Waals surface area (Å²) in [6, 6.07) is 14.8. The molecule has 3 nitrogen and oxygen atoms in total. The van der Waals surface area contributed by atoms with Crippen LogP contribution < -0.4 is 11.1 Å². The summed E-state index contributed by atoms with van der Waals surface area (Å²) >= 11 is 1.82. The van der Waals surface area contributed by atoms with Crippen molar-refractivity contribution in [2.45, 2.75) is 25.1 Å². The van der Waals surface area contributed by atoms with Crippen LogP contribution in [0.4, 0.5) is 0 Å². The molecule has 0 aliphatic heterocycles. The lowest BCUT2D eigenvalue weighted by Gasteiger charge is -2.17. The van der Waals surface area contributed by atoms with Crippen molar-refractivity contribution in [3.05, 3.63) is 48.0 Å². The van der Waals surface area contributed by atoms with Crippen molar-refractivity contribution in [1.82, 2.24) is 5.32 Å². The van der Waals surface area contributed by atoms with Crippen molar-refractivity contribution >= 4 is 28.4 Å². The van der Waals surface area contributed by atoms with E-state index in [0.29, 0.717) is 6.54 Å². The molecule has 21 heavy (non-hydrogen) atoms. The third kappa shape index (κ3) is 4.48. The number of carbonyl (C=O) groups excluding carboxylic acids is 1. The number of fused-ring (bicyclic) bond motifs is 1. The molecule has 0 atom stereocenters. The van der Waals surface area contributed by atoms with Gasteiger partial charge in [0, 0.05) is 18.1 Å². The number of amides is 1. The number of carbonyl (C=O) groups is 1. The fourth-order valence-corrected chi connectivity index (χ4v) is 2.93. The highest BCUT2D eigenvalue weighted by molar-refractivity contribution is 7.98. The molecular formula is C17H22N2OS. The summed E-state index contributed by atoms with van der Waals surface area (Å²) in [5.41, 5.74) is 6.26. The average Bonchev–Trinajstić information content (AvgIpc) is 2.46. The molecule has 3 N–H and O–H groups in total. The van der Waals surface area contributed by atoms with Crippen LogP contribution in [0.25, 0.3) is 10.8 Å². The zero-order valence-electron chi connectivity index (χ0n) is 12.6. The van der Waals surface area contributed by atoms with E-state index >= 15 is 0 Å². The van der Waals surface area contributed by atoms with Gasteiger partial charge in [-0.05, 0) is 30.2 Å². The number of hydrogen-bond acceptors (Lipinski definition) is 3. The molecule has 0 saturated carbocycles. The van der Waals surface area contributed by atoms with Crippen LogP contribution in [-0.2, 0) is 10.5 Å². The van der Waals surface area contributed by atoms with Crippen LogP contribution in [0, 0.1) is 0 Å². The molecule has 0 aliphatic rings. The first kappa shape index (κ1) is 15.9. The Labute approximate surface area is 130 Å². The minimum Gasteiger partial charge on any atom is -0.354 e. The zero-order chi connectivity index (χ0) is 15.3. The molecule has 0 aliphatic carbocycles. The fourth-order valence-electron chi connectivity index (χ4n) is 2.07. The van der Waals surface area contributed by atoms with Gasteiger partial charge in [0.2, 0.25) is 5.91 Å². The highest BCUT2D eigenvalue weighted by atomic mass is 32.2. The van der Waals surface area contributed by atoms with E-state index in [1.54, 1.807) is 13.8 Å². The van der Waals surface area contributed by atoms with Gasteiger partial charge in [0.1, 0.15) is 0 Å². The molecule has 2 rings (SSSR count). The van der Waals surface area contributed by atoms with Gasteiger partial charge in [0.25, 0.3) is 0 Å². The molecule has 112 valence electrons. The molecule has 0 unspecified atom stereocenters. The summed E-state index contributed by atoms with van der Waals surface area (Å²) in [6.07, 6.45) is 0. The Balaban J connectivity index is 1.82. The van der Waals surface area contributed by atoms with Gasteiger partial charge >= 0.3 is 0 Å². The quantitative estimate of drug-likeness (QED) is 0.807. The maximum atomic E-state index is 11.6. The summed E-state index contributed by atoms with van der Waals surface area (Å²) < 4.78 is 0. The predicted octanol–water partition coefficient (Wildman–Crippen LogP) is 2.93. The zero-order valence-corrected chi connectivity index (χ0v) is 13.4. The van der Waals surface area contributed by atoms with Crippen LogP contribution in [0.2, 0.25) is 0 Å². The van der Waals surface area contributed by atoms with Crippen molar-refractivity contribution < 1.29 is 4.79 Å².